The topological polar surface area (TPSA) is 26.3 Å². The molecule has 0 radical (unpaired) electrons. The number of halogens is 1. The molecule has 0 aliphatic heterocycles. The Morgan fingerprint density at radius 3 is 2.39 bits per heavy atom. The number of hydrogen-bond acceptors (Lipinski definition) is 2. The van der Waals surface area contributed by atoms with Gasteiger partial charge in [-0.1, -0.05) is 58.4 Å². The van der Waals surface area contributed by atoms with Crippen molar-refractivity contribution in [3.8, 4) is 11.1 Å². The van der Waals surface area contributed by atoms with Gasteiger partial charge in [-0.25, -0.2) is 4.79 Å². The Balaban J connectivity index is 2.46. The van der Waals surface area contributed by atoms with Gasteiger partial charge in [0.2, 0.25) is 0 Å². The second-order valence-corrected chi connectivity index (χ2v) is 4.43. The zero-order valence-electron chi connectivity index (χ0n) is 10.0. The molecule has 0 heterocycles. The monoisotopic (exact) mass is 304 g/mol. The highest BCUT2D eigenvalue weighted by atomic mass is 79.9. The van der Waals surface area contributed by atoms with Gasteiger partial charge < -0.3 is 4.74 Å². The minimum absolute atomic E-state index is 0.310. The molecule has 0 atom stereocenters. The zero-order valence-corrected chi connectivity index (χ0v) is 11.6. The Hall–Kier alpha value is -1.61. The van der Waals surface area contributed by atoms with E-state index in [1.54, 1.807) is 6.07 Å². The largest absolute Gasteiger partial charge is 0.465 e. The highest BCUT2D eigenvalue weighted by molar-refractivity contribution is 9.08. The summed E-state index contributed by atoms with van der Waals surface area (Å²) in [5.41, 5.74) is 3.70. The van der Waals surface area contributed by atoms with Gasteiger partial charge in [-0.3, -0.25) is 0 Å². The van der Waals surface area contributed by atoms with Gasteiger partial charge in [-0.05, 0) is 22.8 Å². The van der Waals surface area contributed by atoms with E-state index in [-0.39, 0.29) is 5.97 Å². The highest BCUT2D eigenvalue weighted by Gasteiger charge is 2.11. The van der Waals surface area contributed by atoms with E-state index in [9.17, 15) is 4.79 Å². The first kappa shape index (κ1) is 12.8. The summed E-state index contributed by atoms with van der Waals surface area (Å²) in [6, 6.07) is 15.6. The van der Waals surface area contributed by atoms with E-state index in [2.05, 4.69) is 15.9 Å². The summed E-state index contributed by atoms with van der Waals surface area (Å²) in [5, 5.41) is 0.825. The van der Waals surface area contributed by atoms with Crippen molar-refractivity contribution < 1.29 is 9.53 Å². The number of hydrogen-bond donors (Lipinski definition) is 0. The number of esters is 1. The van der Waals surface area contributed by atoms with Crippen LogP contribution in [0.1, 0.15) is 15.9 Å². The Labute approximate surface area is 115 Å². The van der Waals surface area contributed by atoms with Crippen LogP contribution < -0.4 is 0 Å². The first-order valence-corrected chi connectivity index (χ1v) is 6.71. The van der Waals surface area contributed by atoms with Crippen LogP contribution in [0.4, 0.5) is 0 Å². The molecule has 2 rings (SSSR count). The summed E-state index contributed by atoms with van der Waals surface area (Å²) >= 11 is 3.41. The molecule has 0 fully saturated rings. The van der Waals surface area contributed by atoms with Crippen LogP contribution in [0.15, 0.2) is 48.5 Å². The Bertz CT molecular complexity index is 547. The minimum atomic E-state index is -0.310. The number of ether oxygens (including phenoxy) is 1. The predicted octanol–water partition coefficient (Wildman–Crippen LogP) is 4.04. The molecule has 2 nitrogen and oxygen atoms in total. The van der Waals surface area contributed by atoms with Crippen LogP contribution in [0.2, 0.25) is 0 Å². The molecule has 0 bridgehead atoms. The van der Waals surface area contributed by atoms with E-state index in [0.29, 0.717) is 5.56 Å². The molecular formula is C15H13BrO2. The van der Waals surface area contributed by atoms with Crippen molar-refractivity contribution in [2.45, 2.75) is 5.33 Å². The van der Waals surface area contributed by atoms with Gasteiger partial charge in [-0.15, -0.1) is 0 Å². The Kier molecular flexibility index (Phi) is 4.15. The third kappa shape index (κ3) is 2.62. The van der Waals surface area contributed by atoms with Crippen molar-refractivity contribution >= 4 is 21.9 Å². The minimum Gasteiger partial charge on any atom is -0.465 e. The lowest BCUT2D eigenvalue weighted by molar-refractivity contribution is 0.0601. The number of rotatable bonds is 3. The average Bonchev–Trinajstić information content (AvgIpc) is 2.46. The molecule has 0 aliphatic rings. The molecule has 0 N–H and O–H groups in total. The predicted molar refractivity (Wildman–Crippen MR) is 75.8 cm³/mol. The van der Waals surface area contributed by atoms with Gasteiger partial charge in [0.05, 0.1) is 12.7 Å². The molecule has 3 heteroatoms. The number of alkyl halides is 1. The SMILES string of the molecule is COC(=O)c1ccccc1-c1ccc(CBr)cc1. The molecular weight excluding hydrogens is 292 g/mol. The fraction of sp³-hybridized carbons (Fsp3) is 0.133. The van der Waals surface area contributed by atoms with Crippen molar-refractivity contribution in [3.63, 3.8) is 0 Å². The standard InChI is InChI=1S/C15H13BrO2/c1-18-15(17)14-5-3-2-4-13(14)12-8-6-11(10-16)7-9-12/h2-9H,10H2,1H3. The first-order valence-electron chi connectivity index (χ1n) is 5.59. The Morgan fingerprint density at radius 1 is 1.11 bits per heavy atom. The Morgan fingerprint density at radius 2 is 1.78 bits per heavy atom. The van der Waals surface area contributed by atoms with E-state index in [0.717, 1.165) is 16.5 Å². The van der Waals surface area contributed by atoms with Crippen molar-refractivity contribution in [1.82, 2.24) is 0 Å². The van der Waals surface area contributed by atoms with E-state index in [1.165, 1.54) is 12.7 Å². The normalized spacial score (nSPS) is 10.1. The highest BCUT2D eigenvalue weighted by Crippen LogP contribution is 2.25. The average molecular weight is 305 g/mol. The summed E-state index contributed by atoms with van der Waals surface area (Å²) in [6.45, 7) is 0. The number of carbonyl (C=O) groups excluding carboxylic acids is 1. The summed E-state index contributed by atoms with van der Waals surface area (Å²) in [6.07, 6.45) is 0. The van der Waals surface area contributed by atoms with Crippen molar-refractivity contribution in [2.75, 3.05) is 7.11 Å². The van der Waals surface area contributed by atoms with E-state index in [4.69, 9.17) is 4.74 Å². The lowest BCUT2D eigenvalue weighted by atomic mass is 9.99. The maximum Gasteiger partial charge on any atom is 0.338 e. The maximum absolute atomic E-state index is 11.7. The second kappa shape index (κ2) is 5.83. The fourth-order valence-corrected chi connectivity index (χ4v) is 2.17. The molecule has 0 saturated carbocycles. The number of carbonyl (C=O) groups is 1. The molecule has 0 spiro atoms. The summed E-state index contributed by atoms with van der Waals surface area (Å²) < 4.78 is 4.80. The van der Waals surface area contributed by atoms with Gasteiger partial charge in [-0.2, -0.15) is 0 Å². The van der Waals surface area contributed by atoms with Gasteiger partial charge in [0.1, 0.15) is 0 Å². The van der Waals surface area contributed by atoms with Gasteiger partial charge >= 0.3 is 5.97 Å². The van der Waals surface area contributed by atoms with Crippen molar-refractivity contribution in [1.29, 1.82) is 0 Å². The number of methoxy groups -OCH3 is 1. The van der Waals surface area contributed by atoms with Crippen LogP contribution in [0, 0.1) is 0 Å². The molecule has 18 heavy (non-hydrogen) atoms. The molecule has 2 aromatic carbocycles. The van der Waals surface area contributed by atoms with Crippen LogP contribution in [0.3, 0.4) is 0 Å². The van der Waals surface area contributed by atoms with Crippen LogP contribution in [0.25, 0.3) is 11.1 Å². The zero-order chi connectivity index (χ0) is 13.0. The molecule has 0 aliphatic carbocycles. The quantitative estimate of drug-likeness (QED) is 0.632. The van der Waals surface area contributed by atoms with E-state index < -0.39 is 0 Å². The molecule has 0 amide bonds. The van der Waals surface area contributed by atoms with Gasteiger partial charge in [0.15, 0.2) is 0 Å². The van der Waals surface area contributed by atoms with Crippen LogP contribution in [-0.4, -0.2) is 13.1 Å². The van der Waals surface area contributed by atoms with E-state index >= 15 is 0 Å². The third-order valence-corrected chi connectivity index (χ3v) is 3.40. The molecule has 0 saturated heterocycles. The van der Waals surface area contributed by atoms with Crippen molar-refractivity contribution in [3.05, 3.63) is 59.7 Å². The smallest absolute Gasteiger partial charge is 0.338 e. The maximum atomic E-state index is 11.7. The summed E-state index contributed by atoms with van der Waals surface area (Å²) in [7, 11) is 1.40. The lowest BCUT2D eigenvalue weighted by Crippen LogP contribution is -2.03. The summed E-state index contributed by atoms with van der Waals surface area (Å²) in [5.74, 6) is -0.310. The lowest BCUT2D eigenvalue weighted by Gasteiger charge is -2.08. The fourth-order valence-electron chi connectivity index (χ4n) is 1.80. The molecule has 92 valence electrons. The second-order valence-electron chi connectivity index (χ2n) is 3.87. The van der Waals surface area contributed by atoms with Crippen molar-refractivity contribution in [2.24, 2.45) is 0 Å². The van der Waals surface area contributed by atoms with Crippen LogP contribution in [-0.2, 0) is 10.1 Å². The van der Waals surface area contributed by atoms with E-state index in [1.807, 2.05) is 42.5 Å². The molecule has 0 aromatic heterocycles. The summed E-state index contributed by atoms with van der Waals surface area (Å²) in [4.78, 5) is 11.7. The van der Waals surface area contributed by atoms with Gasteiger partial charge in [0.25, 0.3) is 0 Å². The molecule has 2 aromatic rings. The molecule has 0 unspecified atom stereocenters. The first-order chi connectivity index (χ1) is 8.76. The van der Waals surface area contributed by atoms with Gasteiger partial charge in [0, 0.05) is 5.33 Å². The van der Waals surface area contributed by atoms with Crippen LogP contribution >= 0.6 is 15.9 Å². The number of benzene rings is 2. The van der Waals surface area contributed by atoms with Crippen LogP contribution in [0.5, 0.6) is 0 Å². The third-order valence-electron chi connectivity index (χ3n) is 2.75.